The van der Waals surface area contributed by atoms with Gasteiger partial charge < -0.3 is 18.8 Å². The van der Waals surface area contributed by atoms with Gasteiger partial charge in [-0.3, -0.25) is 4.79 Å². The molecule has 1 aliphatic carbocycles. The van der Waals surface area contributed by atoms with Crippen LogP contribution in [0.4, 0.5) is 4.39 Å². The molecule has 39 heavy (non-hydrogen) atoms. The molecule has 2 atom stereocenters. The topological polar surface area (TPSA) is 67.8 Å². The molecule has 3 aromatic carbocycles. The molecule has 1 fully saturated rings. The smallest absolute Gasteiger partial charge is 0.306 e. The average Bonchev–Trinajstić information content (AvgIpc) is 3.76. The van der Waals surface area contributed by atoms with Crippen molar-refractivity contribution in [3.63, 3.8) is 0 Å². The maximum absolute atomic E-state index is 14.8. The molecule has 4 rings (SSSR count). The predicted molar refractivity (Wildman–Crippen MR) is 152 cm³/mol. The lowest BCUT2D eigenvalue weighted by Gasteiger charge is -2.19. The molecule has 0 spiro atoms. The van der Waals surface area contributed by atoms with E-state index in [2.05, 4.69) is 0 Å². The van der Waals surface area contributed by atoms with E-state index in [0.29, 0.717) is 46.5 Å². The van der Waals surface area contributed by atoms with Gasteiger partial charge in [-0.1, -0.05) is 31.0 Å². The lowest BCUT2D eigenvalue weighted by atomic mass is 9.90. The second-order valence-corrected chi connectivity index (χ2v) is 12.2. The summed E-state index contributed by atoms with van der Waals surface area (Å²) >= 11 is -1.35. The maximum Gasteiger partial charge on any atom is 0.306 e. The molecular formula is C32H37FO5S. The summed E-state index contributed by atoms with van der Waals surface area (Å²) in [5.41, 5.74) is 2.82. The minimum atomic E-state index is -1.35. The summed E-state index contributed by atoms with van der Waals surface area (Å²) in [6.07, 6.45) is 3.76. The van der Waals surface area contributed by atoms with Crippen LogP contribution in [0.25, 0.3) is 11.1 Å². The first-order valence-electron chi connectivity index (χ1n) is 13.5. The van der Waals surface area contributed by atoms with Crippen molar-refractivity contribution in [1.29, 1.82) is 0 Å². The number of rotatable bonds is 13. The Morgan fingerprint density at radius 1 is 1.05 bits per heavy atom. The molecule has 0 radical (unpaired) electrons. The second-order valence-electron chi connectivity index (χ2n) is 10.3. The molecule has 0 amide bonds. The minimum Gasteiger partial charge on any atom is -0.611 e. The first kappa shape index (κ1) is 29.0. The van der Waals surface area contributed by atoms with E-state index in [1.165, 1.54) is 26.0 Å². The highest BCUT2D eigenvalue weighted by molar-refractivity contribution is 7.92. The quantitative estimate of drug-likeness (QED) is 0.163. The molecule has 0 N–H and O–H groups in total. The highest BCUT2D eigenvalue weighted by Crippen LogP contribution is 2.41. The summed E-state index contributed by atoms with van der Waals surface area (Å²) in [5, 5.41) is -0.145. The van der Waals surface area contributed by atoms with Crippen LogP contribution in [0.1, 0.15) is 63.5 Å². The highest BCUT2D eigenvalue weighted by atomic mass is 32.2. The van der Waals surface area contributed by atoms with Crippen LogP contribution in [-0.4, -0.2) is 29.5 Å². The fourth-order valence-electron chi connectivity index (χ4n) is 4.68. The Morgan fingerprint density at radius 3 is 2.54 bits per heavy atom. The Labute approximate surface area is 233 Å². The average molecular weight is 553 g/mol. The van der Waals surface area contributed by atoms with Crippen molar-refractivity contribution >= 4 is 17.1 Å². The largest absolute Gasteiger partial charge is 0.611 e. The van der Waals surface area contributed by atoms with Crippen molar-refractivity contribution in [3.05, 3.63) is 77.6 Å². The van der Waals surface area contributed by atoms with Gasteiger partial charge >= 0.3 is 5.97 Å². The minimum absolute atomic E-state index is 0.0946. The molecule has 3 aromatic rings. The molecule has 1 aliphatic rings. The number of halogens is 1. The summed E-state index contributed by atoms with van der Waals surface area (Å²) in [6.45, 7) is 6.22. The molecule has 7 heteroatoms. The normalized spacial score (nSPS) is 14.6. The van der Waals surface area contributed by atoms with Crippen molar-refractivity contribution in [3.8, 4) is 22.6 Å². The van der Waals surface area contributed by atoms with Gasteiger partial charge in [-0.05, 0) is 97.7 Å². The van der Waals surface area contributed by atoms with Crippen molar-refractivity contribution in [2.45, 2.75) is 69.1 Å². The van der Waals surface area contributed by atoms with Crippen LogP contribution >= 0.6 is 0 Å². The van der Waals surface area contributed by atoms with Crippen molar-refractivity contribution in [1.82, 2.24) is 0 Å². The Balaban J connectivity index is 1.55. The first-order chi connectivity index (χ1) is 18.8. The van der Waals surface area contributed by atoms with Crippen LogP contribution in [0.2, 0.25) is 0 Å². The number of carbonyl (C=O) groups excluding carboxylic acids is 1. The molecular weight excluding hydrogens is 515 g/mol. The number of methoxy groups -OCH3 is 1. The van der Waals surface area contributed by atoms with Gasteiger partial charge in [0.25, 0.3) is 0 Å². The number of hydrogen-bond acceptors (Lipinski definition) is 5. The number of esters is 1. The Morgan fingerprint density at radius 2 is 1.85 bits per heavy atom. The van der Waals surface area contributed by atoms with Crippen LogP contribution in [-0.2, 0) is 27.3 Å². The Kier molecular flexibility index (Phi) is 9.92. The molecule has 0 bridgehead atoms. The fraction of sp³-hybridized carbons (Fsp3) is 0.406. The molecule has 0 aliphatic heterocycles. The SMILES string of the molecule is CCOC(=O)C[C@@H](CC1CC1)c1cccc(OCc2ccc(-c3cc(OC)ccc3F)c([S@+]([O-])C(C)C)c2)c1. The summed E-state index contributed by atoms with van der Waals surface area (Å²) in [5.74, 6) is 1.42. The molecule has 5 nitrogen and oxygen atoms in total. The van der Waals surface area contributed by atoms with E-state index < -0.39 is 17.0 Å². The summed E-state index contributed by atoms with van der Waals surface area (Å²) in [7, 11) is 1.53. The van der Waals surface area contributed by atoms with Gasteiger partial charge in [0.15, 0.2) is 4.90 Å². The fourth-order valence-corrected chi connectivity index (χ4v) is 5.85. The van der Waals surface area contributed by atoms with Gasteiger partial charge in [0.05, 0.1) is 20.1 Å². The molecule has 0 unspecified atom stereocenters. The third kappa shape index (κ3) is 7.76. The summed E-state index contributed by atoms with van der Waals surface area (Å²) in [6, 6.07) is 17.9. The number of benzene rings is 3. The zero-order valence-electron chi connectivity index (χ0n) is 23.1. The van der Waals surface area contributed by atoms with E-state index in [0.717, 1.165) is 17.5 Å². The first-order valence-corrected chi connectivity index (χ1v) is 14.8. The molecule has 208 valence electrons. The van der Waals surface area contributed by atoms with Crippen LogP contribution < -0.4 is 9.47 Å². The van der Waals surface area contributed by atoms with Crippen LogP contribution in [0.15, 0.2) is 65.6 Å². The lowest BCUT2D eigenvalue weighted by molar-refractivity contribution is -0.143. The van der Waals surface area contributed by atoms with Gasteiger partial charge in [0.2, 0.25) is 0 Å². The van der Waals surface area contributed by atoms with Crippen LogP contribution in [0.5, 0.6) is 11.5 Å². The zero-order chi connectivity index (χ0) is 27.9. The molecule has 0 saturated heterocycles. The lowest BCUT2D eigenvalue weighted by Crippen LogP contribution is -2.16. The van der Waals surface area contributed by atoms with Gasteiger partial charge in [-0.15, -0.1) is 0 Å². The van der Waals surface area contributed by atoms with E-state index >= 15 is 0 Å². The molecule has 1 saturated carbocycles. The third-order valence-electron chi connectivity index (χ3n) is 6.92. The summed E-state index contributed by atoms with van der Waals surface area (Å²) < 4.78 is 44.7. The van der Waals surface area contributed by atoms with Crippen molar-refractivity contribution in [2.24, 2.45) is 5.92 Å². The highest BCUT2D eigenvalue weighted by Gasteiger charge is 2.28. The standard InChI is InChI=1S/C32H37FO5S/c1-5-37-32(34)18-25(15-22-9-10-22)24-7-6-8-27(17-24)38-20-23-11-13-28(31(16-23)39(35)21(2)3)29-19-26(36-4)12-14-30(29)33/h6-8,11-14,16-17,19,21-22,25H,5,9-10,15,18,20H2,1-4H3/t25-,39-/m1/s1. The Hall–Kier alpha value is -3.03. The van der Waals surface area contributed by atoms with E-state index in [1.807, 2.05) is 57.2 Å². The van der Waals surface area contributed by atoms with E-state index in [4.69, 9.17) is 14.2 Å². The second kappa shape index (κ2) is 13.4. The van der Waals surface area contributed by atoms with E-state index in [-0.39, 0.29) is 23.7 Å². The Bertz CT molecular complexity index is 1270. The maximum atomic E-state index is 14.8. The van der Waals surface area contributed by atoms with Crippen molar-refractivity contribution in [2.75, 3.05) is 13.7 Å². The predicted octanol–water partition coefficient (Wildman–Crippen LogP) is 7.43. The van der Waals surface area contributed by atoms with E-state index in [9.17, 15) is 13.7 Å². The summed E-state index contributed by atoms with van der Waals surface area (Å²) in [4.78, 5) is 12.8. The van der Waals surface area contributed by atoms with E-state index in [1.54, 1.807) is 18.2 Å². The molecule has 0 aromatic heterocycles. The third-order valence-corrected chi connectivity index (χ3v) is 8.55. The number of carbonyl (C=O) groups is 1. The number of hydrogen-bond donors (Lipinski definition) is 0. The number of ether oxygens (including phenoxy) is 3. The van der Waals surface area contributed by atoms with Gasteiger partial charge in [-0.2, -0.15) is 0 Å². The molecule has 0 heterocycles. The van der Waals surface area contributed by atoms with Gasteiger partial charge in [-0.25, -0.2) is 4.39 Å². The van der Waals surface area contributed by atoms with Crippen LogP contribution in [0.3, 0.4) is 0 Å². The van der Waals surface area contributed by atoms with Crippen LogP contribution in [0, 0.1) is 11.7 Å². The van der Waals surface area contributed by atoms with Crippen molar-refractivity contribution < 1.29 is 27.9 Å². The van der Waals surface area contributed by atoms with Gasteiger partial charge in [0.1, 0.15) is 29.2 Å². The van der Waals surface area contributed by atoms with Gasteiger partial charge in [0, 0.05) is 17.2 Å². The zero-order valence-corrected chi connectivity index (χ0v) is 23.9. The monoisotopic (exact) mass is 552 g/mol.